The van der Waals surface area contributed by atoms with Crippen LogP contribution >= 0.6 is 15.9 Å². The molecule has 0 heterocycles. The average molecular weight is 349 g/mol. The van der Waals surface area contributed by atoms with Gasteiger partial charge >= 0.3 is 0 Å². The topological polar surface area (TPSA) is 58.2 Å². The molecule has 0 saturated carbocycles. The summed E-state index contributed by atoms with van der Waals surface area (Å²) in [6, 6.07) is 3.67. The van der Waals surface area contributed by atoms with Crippen molar-refractivity contribution in [1.82, 2.24) is 10.0 Å². The Hall–Kier alpha value is -0.430. The molecule has 0 aliphatic carbocycles. The van der Waals surface area contributed by atoms with Crippen LogP contribution in [0.5, 0.6) is 0 Å². The summed E-state index contributed by atoms with van der Waals surface area (Å²) < 4.78 is 28.1. The molecule has 1 rings (SSSR count). The van der Waals surface area contributed by atoms with Crippen LogP contribution in [0.3, 0.4) is 0 Å². The van der Waals surface area contributed by atoms with Gasteiger partial charge in [0, 0.05) is 16.6 Å². The lowest BCUT2D eigenvalue weighted by atomic mass is 10.1. The molecule has 0 bridgehead atoms. The fourth-order valence-electron chi connectivity index (χ4n) is 1.77. The molecule has 0 radical (unpaired) electrons. The van der Waals surface area contributed by atoms with Gasteiger partial charge in [0.1, 0.15) is 0 Å². The number of aryl methyl sites for hydroxylation is 1. The maximum Gasteiger partial charge on any atom is 0.242 e. The summed E-state index contributed by atoms with van der Waals surface area (Å²) in [5.74, 6) is 0. The summed E-state index contributed by atoms with van der Waals surface area (Å²) in [6.45, 7) is 7.99. The van der Waals surface area contributed by atoms with Gasteiger partial charge in [0.15, 0.2) is 0 Å². The van der Waals surface area contributed by atoms with Crippen LogP contribution in [0.1, 0.15) is 31.9 Å². The molecule has 0 aromatic heterocycles. The molecule has 2 N–H and O–H groups in total. The van der Waals surface area contributed by atoms with Crippen molar-refractivity contribution in [3.05, 3.63) is 27.7 Å². The number of nitrogens with one attached hydrogen (secondary N) is 2. The predicted octanol–water partition coefficient (Wildman–Crippen LogP) is 2.55. The smallest absolute Gasteiger partial charge is 0.242 e. The van der Waals surface area contributed by atoms with Gasteiger partial charge in [-0.05, 0) is 67.9 Å². The first kappa shape index (κ1) is 16.6. The number of hydrogen-bond donors (Lipinski definition) is 2. The van der Waals surface area contributed by atoms with E-state index >= 15 is 0 Å². The molecule has 1 aromatic rings. The summed E-state index contributed by atoms with van der Waals surface area (Å²) in [5, 5.41) is 3.03. The van der Waals surface area contributed by atoms with E-state index in [9.17, 15) is 8.42 Å². The van der Waals surface area contributed by atoms with Gasteiger partial charge in [-0.1, -0.05) is 6.07 Å². The highest BCUT2D eigenvalue weighted by Gasteiger charge is 2.25. The number of sulfonamides is 1. The second-order valence-corrected chi connectivity index (χ2v) is 8.05. The van der Waals surface area contributed by atoms with E-state index in [1.54, 1.807) is 6.07 Å². The Balaban J connectivity index is 3.33. The zero-order valence-corrected chi connectivity index (χ0v) is 14.4. The summed E-state index contributed by atoms with van der Waals surface area (Å²) >= 11 is 3.37. The van der Waals surface area contributed by atoms with Crippen molar-refractivity contribution in [2.45, 2.75) is 44.7 Å². The van der Waals surface area contributed by atoms with E-state index in [0.29, 0.717) is 11.0 Å². The lowest BCUT2D eigenvalue weighted by molar-refractivity contribution is 0.491. The molecule has 1 aromatic carbocycles. The van der Waals surface area contributed by atoms with Gasteiger partial charge in [0.05, 0.1) is 4.90 Å². The second-order valence-electron chi connectivity index (χ2n) is 5.61. The van der Waals surface area contributed by atoms with Crippen molar-refractivity contribution in [3.63, 3.8) is 0 Å². The summed E-state index contributed by atoms with van der Waals surface area (Å²) in [6.07, 6.45) is 0. The Bertz CT molecular complexity index is 563. The van der Waals surface area contributed by atoms with Gasteiger partial charge in [-0.3, -0.25) is 0 Å². The van der Waals surface area contributed by atoms with Crippen molar-refractivity contribution in [2.24, 2.45) is 0 Å². The van der Waals surface area contributed by atoms with Gasteiger partial charge in [-0.25, -0.2) is 13.1 Å². The fourth-order valence-corrected chi connectivity index (χ4v) is 4.26. The van der Waals surface area contributed by atoms with Crippen LogP contribution < -0.4 is 10.0 Å². The van der Waals surface area contributed by atoms with Crippen LogP contribution in [0, 0.1) is 6.92 Å². The molecule has 0 atom stereocenters. The molecule has 0 aliphatic rings. The van der Waals surface area contributed by atoms with Gasteiger partial charge in [0.25, 0.3) is 0 Å². The molecular weight excluding hydrogens is 328 g/mol. The first-order chi connectivity index (χ1) is 8.57. The minimum absolute atomic E-state index is 0.285. The molecule has 108 valence electrons. The van der Waals surface area contributed by atoms with E-state index in [1.165, 1.54) is 0 Å². The minimum Gasteiger partial charge on any atom is -0.316 e. The van der Waals surface area contributed by atoms with Gasteiger partial charge in [-0.2, -0.15) is 0 Å². The monoisotopic (exact) mass is 348 g/mol. The predicted molar refractivity (Wildman–Crippen MR) is 81.7 cm³/mol. The zero-order valence-electron chi connectivity index (χ0n) is 12.0. The first-order valence-corrected chi connectivity index (χ1v) is 8.32. The normalized spacial score (nSPS) is 12.7. The van der Waals surface area contributed by atoms with E-state index in [4.69, 9.17) is 0 Å². The third-order valence-corrected chi connectivity index (χ3v) is 5.49. The van der Waals surface area contributed by atoms with Crippen LogP contribution in [0.2, 0.25) is 0 Å². The maximum absolute atomic E-state index is 12.4. The largest absolute Gasteiger partial charge is 0.316 e. The Labute approximate surface area is 124 Å². The highest BCUT2D eigenvalue weighted by atomic mass is 79.9. The van der Waals surface area contributed by atoms with Crippen molar-refractivity contribution in [2.75, 3.05) is 7.05 Å². The van der Waals surface area contributed by atoms with Crippen LogP contribution in [0.4, 0.5) is 0 Å². The Morgan fingerprint density at radius 2 is 1.84 bits per heavy atom. The molecule has 0 saturated heterocycles. The first-order valence-electron chi connectivity index (χ1n) is 6.04. The number of halogens is 1. The highest BCUT2D eigenvalue weighted by molar-refractivity contribution is 9.10. The third-order valence-electron chi connectivity index (χ3n) is 2.39. The van der Waals surface area contributed by atoms with Crippen molar-refractivity contribution in [1.29, 1.82) is 0 Å². The Morgan fingerprint density at radius 3 is 2.32 bits per heavy atom. The number of rotatable bonds is 4. The molecule has 0 aliphatic heterocycles. The lowest BCUT2D eigenvalue weighted by Crippen LogP contribution is -2.40. The molecule has 6 heteroatoms. The molecule has 19 heavy (non-hydrogen) atoms. The maximum atomic E-state index is 12.4. The standard InChI is InChI=1S/C13H21BrN2O2S/c1-9-6-10(8-15-5)7-11(12(9)14)19(17,18)16-13(2,3)4/h6-7,15-16H,8H2,1-5H3. The Morgan fingerprint density at radius 1 is 1.26 bits per heavy atom. The van der Waals surface area contributed by atoms with Crippen LogP contribution in [-0.2, 0) is 16.6 Å². The minimum atomic E-state index is -3.54. The number of benzene rings is 1. The van der Waals surface area contributed by atoms with Crippen molar-refractivity contribution < 1.29 is 8.42 Å². The van der Waals surface area contributed by atoms with Gasteiger partial charge in [0.2, 0.25) is 10.0 Å². The van der Waals surface area contributed by atoms with Gasteiger partial charge < -0.3 is 5.32 Å². The van der Waals surface area contributed by atoms with E-state index in [1.807, 2.05) is 40.8 Å². The summed E-state index contributed by atoms with van der Waals surface area (Å²) in [4.78, 5) is 0.285. The van der Waals surface area contributed by atoms with E-state index < -0.39 is 15.6 Å². The highest BCUT2D eigenvalue weighted by Crippen LogP contribution is 2.28. The molecule has 0 unspecified atom stereocenters. The van der Waals surface area contributed by atoms with Crippen molar-refractivity contribution >= 4 is 26.0 Å². The zero-order chi connectivity index (χ0) is 14.8. The fraction of sp³-hybridized carbons (Fsp3) is 0.538. The van der Waals surface area contributed by atoms with E-state index in [-0.39, 0.29) is 4.90 Å². The van der Waals surface area contributed by atoms with E-state index in [2.05, 4.69) is 26.0 Å². The Kier molecular flexibility index (Phi) is 5.17. The summed E-state index contributed by atoms with van der Waals surface area (Å²) in [7, 11) is -1.70. The average Bonchev–Trinajstić information content (AvgIpc) is 2.19. The van der Waals surface area contributed by atoms with Crippen LogP contribution in [0.15, 0.2) is 21.5 Å². The van der Waals surface area contributed by atoms with Crippen LogP contribution in [0.25, 0.3) is 0 Å². The molecule has 0 fully saturated rings. The second kappa shape index (κ2) is 5.91. The van der Waals surface area contributed by atoms with Gasteiger partial charge in [-0.15, -0.1) is 0 Å². The lowest BCUT2D eigenvalue weighted by Gasteiger charge is -2.21. The summed E-state index contributed by atoms with van der Waals surface area (Å²) in [5.41, 5.74) is 1.34. The molecular formula is C13H21BrN2O2S. The molecule has 4 nitrogen and oxygen atoms in total. The molecule has 0 amide bonds. The quantitative estimate of drug-likeness (QED) is 0.878. The van der Waals surface area contributed by atoms with Crippen molar-refractivity contribution in [3.8, 4) is 0 Å². The SMILES string of the molecule is CNCc1cc(C)c(Br)c(S(=O)(=O)NC(C)(C)C)c1. The third kappa shape index (κ3) is 4.56. The number of hydrogen-bond acceptors (Lipinski definition) is 3. The van der Waals surface area contributed by atoms with E-state index in [0.717, 1.165) is 11.1 Å². The molecule has 0 spiro atoms. The van der Waals surface area contributed by atoms with Crippen LogP contribution in [-0.4, -0.2) is 21.0 Å².